The first kappa shape index (κ1) is 14.8. The van der Waals surface area contributed by atoms with Crippen LogP contribution in [0.25, 0.3) is 0 Å². The molecule has 0 radical (unpaired) electrons. The fourth-order valence-electron chi connectivity index (χ4n) is 2.00. The maximum absolute atomic E-state index is 13.9. The summed E-state index contributed by atoms with van der Waals surface area (Å²) in [6.45, 7) is 0.340. The Labute approximate surface area is 117 Å². The van der Waals surface area contributed by atoms with Crippen molar-refractivity contribution < 1.29 is 23.3 Å². The Balaban J connectivity index is 2.34. The van der Waals surface area contributed by atoms with Gasteiger partial charge in [-0.05, 0) is 6.07 Å². The summed E-state index contributed by atoms with van der Waals surface area (Å²) < 4.78 is 27.3. The summed E-state index contributed by atoms with van der Waals surface area (Å²) in [5.41, 5.74) is -1.81. The van der Waals surface area contributed by atoms with Gasteiger partial charge in [0.05, 0.1) is 16.6 Å². The second-order valence-electron chi connectivity index (χ2n) is 4.44. The minimum Gasteiger partial charge on any atom is -0.354 e. The Morgan fingerprint density at radius 2 is 2.05 bits per heavy atom. The van der Waals surface area contributed by atoms with Crippen LogP contribution in [0.2, 0.25) is 0 Å². The quantitative estimate of drug-likeness (QED) is 0.647. The second-order valence-corrected chi connectivity index (χ2v) is 4.44. The first-order valence-corrected chi connectivity index (χ1v) is 6.09. The third kappa shape index (κ3) is 3.12. The molecule has 1 fully saturated rings. The average Bonchev–Trinajstić information content (AvgIpc) is 2.64. The minimum atomic E-state index is -1.38. The van der Waals surface area contributed by atoms with Crippen LogP contribution >= 0.6 is 0 Å². The van der Waals surface area contributed by atoms with E-state index in [9.17, 15) is 28.5 Å². The molecule has 1 aromatic rings. The van der Waals surface area contributed by atoms with Gasteiger partial charge < -0.3 is 10.2 Å². The van der Waals surface area contributed by atoms with Gasteiger partial charge in [0.25, 0.3) is 5.91 Å². The molecule has 112 valence electrons. The molecule has 0 bridgehead atoms. The molecule has 1 N–H and O–H groups in total. The number of amides is 2. The van der Waals surface area contributed by atoms with Crippen LogP contribution in [0.1, 0.15) is 16.8 Å². The van der Waals surface area contributed by atoms with Gasteiger partial charge in [0, 0.05) is 26.1 Å². The van der Waals surface area contributed by atoms with Crippen molar-refractivity contribution in [3.63, 3.8) is 0 Å². The Morgan fingerprint density at radius 1 is 1.33 bits per heavy atom. The van der Waals surface area contributed by atoms with E-state index in [0.29, 0.717) is 12.1 Å². The van der Waals surface area contributed by atoms with Gasteiger partial charge in [-0.3, -0.25) is 19.7 Å². The van der Waals surface area contributed by atoms with Gasteiger partial charge in [0.1, 0.15) is 5.82 Å². The highest BCUT2D eigenvalue weighted by Crippen LogP contribution is 2.23. The Kier molecular flexibility index (Phi) is 4.10. The van der Waals surface area contributed by atoms with Crippen molar-refractivity contribution >= 4 is 17.5 Å². The van der Waals surface area contributed by atoms with E-state index in [1.54, 1.807) is 0 Å². The Bertz CT molecular complexity index is 621. The molecule has 1 saturated heterocycles. The summed E-state index contributed by atoms with van der Waals surface area (Å²) in [6, 6.07) is 1.03. The summed E-state index contributed by atoms with van der Waals surface area (Å²) >= 11 is 0. The monoisotopic (exact) mass is 299 g/mol. The van der Waals surface area contributed by atoms with Gasteiger partial charge in [0.15, 0.2) is 0 Å². The molecule has 0 spiro atoms. The van der Waals surface area contributed by atoms with Crippen LogP contribution in [-0.4, -0.2) is 41.3 Å². The number of nitrogens with one attached hydrogen (secondary N) is 1. The number of rotatable bonds is 2. The molecule has 21 heavy (non-hydrogen) atoms. The number of carbonyl (C=O) groups excluding carboxylic acids is 2. The van der Waals surface area contributed by atoms with E-state index in [0.717, 1.165) is 4.90 Å². The van der Waals surface area contributed by atoms with Gasteiger partial charge in [-0.1, -0.05) is 0 Å². The Hall–Kier alpha value is -2.58. The molecule has 0 atom stereocenters. The number of nitro groups is 1. The number of nitrogens with zero attached hydrogens (tertiary/aromatic N) is 2. The van der Waals surface area contributed by atoms with Crippen LogP contribution in [0.4, 0.5) is 14.5 Å². The van der Waals surface area contributed by atoms with Crippen LogP contribution in [0.5, 0.6) is 0 Å². The first-order valence-electron chi connectivity index (χ1n) is 6.09. The lowest BCUT2D eigenvalue weighted by atomic mass is 10.1. The van der Waals surface area contributed by atoms with Crippen molar-refractivity contribution in [3.8, 4) is 0 Å². The molecule has 1 aliphatic heterocycles. The van der Waals surface area contributed by atoms with Gasteiger partial charge in [-0.25, -0.2) is 4.39 Å². The van der Waals surface area contributed by atoms with Crippen molar-refractivity contribution in [1.29, 1.82) is 0 Å². The maximum atomic E-state index is 13.9. The molecule has 0 aromatic heterocycles. The predicted molar refractivity (Wildman–Crippen MR) is 66.5 cm³/mol. The molecule has 1 heterocycles. The number of benzene rings is 1. The van der Waals surface area contributed by atoms with E-state index in [1.165, 1.54) is 0 Å². The van der Waals surface area contributed by atoms with E-state index in [-0.39, 0.29) is 32.0 Å². The molecule has 1 aromatic carbocycles. The zero-order valence-corrected chi connectivity index (χ0v) is 10.8. The van der Waals surface area contributed by atoms with Crippen molar-refractivity contribution in [1.82, 2.24) is 10.2 Å². The highest BCUT2D eigenvalue weighted by atomic mass is 19.1. The Morgan fingerprint density at radius 3 is 2.71 bits per heavy atom. The van der Waals surface area contributed by atoms with E-state index < -0.39 is 33.7 Å². The minimum absolute atomic E-state index is 0.0325. The molecule has 0 aliphatic carbocycles. The highest BCUT2D eigenvalue weighted by Gasteiger charge is 2.28. The normalized spacial score (nSPS) is 15.3. The van der Waals surface area contributed by atoms with Crippen LogP contribution in [-0.2, 0) is 4.79 Å². The highest BCUT2D eigenvalue weighted by molar-refractivity contribution is 5.95. The summed E-state index contributed by atoms with van der Waals surface area (Å²) in [7, 11) is 0. The lowest BCUT2D eigenvalue weighted by Gasteiger charge is -2.19. The second kappa shape index (κ2) is 5.81. The smallest absolute Gasteiger partial charge is 0.308 e. The third-order valence-corrected chi connectivity index (χ3v) is 3.05. The molecule has 2 amide bonds. The van der Waals surface area contributed by atoms with E-state index in [1.807, 2.05) is 0 Å². The van der Waals surface area contributed by atoms with Crippen molar-refractivity contribution in [3.05, 3.63) is 39.4 Å². The molecule has 7 nitrogen and oxygen atoms in total. The topological polar surface area (TPSA) is 92.5 Å². The number of carbonyl (C=O) groups is 2. The first-order chi connectivity index (χ1) is 9.90. The standard InChI is InChI=1S/C12H11F2N3O4/c13-7-5-8(11(14)9(6-7)17(20)21)12(19)16-3-1-10(18)15-2-4-16/h5-6H,1-4H2,(H,15,18). The predicted octanol–water partition coefficient (Wildman–Crippen LogP) is 0.835. The summed E-state index contributed by atoms with van der Waals surface area (Å²) in [6.07, 6.45) is 0.0325. The van der Waals surface area contributed by atoms with Gasteiger partial charge in [-0.2, -0.15) is 4.39 Å². The molecule has 0 saturated carbocycles. The van der Waals surface area contributed by atoms with Crippen molar-refractivity contribution in [2.45, 2.75) is 6.42 Å². The summed E-state index contributed by atoms with van der Waals surface area (Å²) in [4.78, 5) is 34.0. The van der Waals surface area contributed by atoms with E-state index in [4.69, 9.17) is 0 Å². The zero-order valence-electron chi connectivity index (χ0n) is 10.8. The molecule has 9 heteroatoms. The molecular formula is C12H11F2N3O4. The molecule has 0 unspecified atom stereocenters. The van der Waals surface area contributed by atoms with E-state index in [2.05, 4.69) is 5.32 Å². The lowest BCUT2D eigenvalue weighted by molar-refractivity contribution is -0.387. The SMILES string of the molecule is O=C1CCN(C(=O)c2cc(F)cc([N+](=O)[O-])c2F)CCN1. The fraction of sp³-hybridized carbons (Fsp3) is 0.333. The number of halogens is 2. The zero-order chi connectivity index (χ0) is 15.6. The largest absolute Gasteiger partial charge is 0.354 e. The number of nitro benzene ring substituents is 1. The third-order valence-electron chi connectivity index (χ3n) is 3.05. The maximum Gasteiger partial charge on any atom is 0.308 e. The van der Waals surface area contributed by atoms with Crippen LogP contribution < -0.4 is 5.32 Å². The molecule has 2 rings (SSSR count). The number of hydrogen-bond donors (Lipinski definition) is 1. The van der Waals surface area contributed by atoms with Crippen LogP contribution in [0.3, 0.4) is 0 Å². The van der Waals surface area contributed by atoms with Gasteiger partial charge >= 0.3 is 5.69 Å². The summed E-state index contributed by atoms with van der Waals surface area (Å²) in [5, 5.41) is 13.2. The average molecular weight is 299 g/mol. The van der Waals surface area contributed by atoms with Crippen molar-refractivity contribution in [2.24, 2.45) is 0 Å². The molecular weight excluding hydrogens is 288 g/mol. The molecule has 1 aliphatic rings. The van der Waals surface area contributed by atoms with Crippen LogP contribution in [0, 0.1) is 21.7 Å². The van der Waals surface area contributed by atoms with Crippen molar-refractivity contribution in [2.75, 3.05) is 19.6 Å². The van der Waals surface area contributed by atoms with Gasteiger partial charge in [0.2, 0.25) is 11.7 Å². The van der Waals surface area contributed by atoms with Gasteiger partial charge in [-0.15, -0.1) is 0 Å². The van der Waals surface area contributed by atoms with Crippen LogP contribution in [0.15, 0.2) is 12.1 Å². The number of hydrogen-bond acceptors (Lipinski definition) is 4. The summed E-state index contributed by atoms with van der Waals surface area (Å²) in [5.74, 6) is -3.59. The fourth-order valence-corrected chi connectivity index (χ4v) is 2.00. The van der Waals surface area contributed by atoms with E-state index >= 15 is 0 Å². The lowest BCUT2D eigenvalue weighted by Crippen LogP contribution is -2.34.